The lowest BCUT2D eigenvalue weighted by molar-refractivity contribution is -0.139. The van der Waals surface area contributed by atoms with E-state index in [1.54, 1.807) is 0 Å². The summed E-state index contributed by atoms with van der Waals surface area (Å²) in [4.78, 5) is 14.2. The van der Waals surface area contributed by atoms with Gasteiger partial charge in [0, 0.05) is 15.7 Å². The van der Waals surface area contributed by atoms with E-state index in [0.29, 0.717) is 0 Å². The van der Waals surface area contributed by atoms with Gasteiger partial charge >= 0.3 is 5.97 Å². The van der Waals surface area contributed by atoms with E-state index in [1.165, 1.54) is 7.11 Å². The number of methoxy groups -OCH3 is 1. The topological polar surface area (TPSA) is 42.1 Å². The van der Waals surface area contributed by atoms with E-state index in [4.69, 9.17) is 0 Å². The van der Waals surface area contributed by atoms with Crippen LogP contribution in [0.2, 0.25) is 0 Å². The highest BCUT2D eigenvalue weighted by Gasteiger charge is 2.06. The number of esters is 1. The van der Waals surface area contributed by atoms with Crippen LogP contribution in [0.3, 0.4) is 0 Å². The molecule has 0 saturated carbocycles. The number of hydrogen-bond donors (Lipinski definition) is 1. The van der Waals surface area contributed by atoms with Gasteiger partial charge in [0.1, 0.15) is 0 Å². The lowest BCUT2D eigenvalue weighted by Gasteiger charge is -1.94. The molecule has 0 saturated heterocycles. The molecule has 0 atom stereocenters. The molecule has 2 aromatic rings. The Morgan fingerprint density at radius 2 is 2.27 bits per heavy atom. The number of benzene rings is 1. The Bertz CT molecular complexity index is 504. The van der Waals surface area contributed by atoms with Crippen LogP contribution in [-0.4, -0.2) is 18.1 Å². The minimum atomic E-state index is -0.236. The molecule has 2 rings (SSSR count). The van der Waals surface area contributed by atoms with Crippen LogP contribution in [0, 0.1) is 0 Å². The number of halogens is 1. The molecule has 3 nitrogen and oxygen atoms in total. The zero-order valence-electron chi connectivity index (χ0n) is 8.21. The molecule has 1 aromatic carbocycles. The fourth-order valence-electron chi connectivity index (χ4n) is 1.48. The first-order chi connectivity index (χ1) is 7.19. The van der Waals surface area contributed by atoms with Crippen LogP contribution < -0.4 is 0 Å². The highest BCUT2D eigenvalue weighted by molar-refractivity contribution is 9.10. The summed E-state index contributed by atoms with van der Waals surface area (Å²) in [6, 6.07) is 7.91. The van der Waals surface area contributed by atoms with Gasteiger partial charge in [-0.05, 0) is 23.6 Å². The van der Waals surface area contributed by atoms with Crippen molar-refractivity contribution in [2.24, 2.45) is 0 Å². The monoisotopic (exact) mass is 267 g/mol. The largest absolute Gasteiger partial charge is 0.469 e. The molecule has 0 amide bonds. The SMILES string of the molecule is COC(=O)Cc1cc2ccc(Br)cc2[nH]1. The Morgan fingerprint density at radius 1 is 1.47 bits per heavy atom. The summed E-state index contributed by atoms with van der Waals surface area (Å²) in [6.45, 7) is 0. The number of H-pyrrole nitrogens is 1. The van der Waals surface area contributed by atoms with Gasteiger partial charge in [-0.15, -0.1) is 0 Å². The van der Waals surface area contributed by atoms with Crippen LogP contribution in [0.25, 0.3) is 10.9 Å². The number of ether oxygens (including phenoxy) is 1. The van der Waals surface area contributed by atoms with E-state index in [0.717, 1.165) is 21.1 Å². The lowest BCUT2D eigenvalue weighted by Crippen LogP contribution is -2.04. The zero-order chi connectivity index (χ0) is 10.8. The van der Waals surface area contributed by atoms with Crippen LogP contribution in [-0.2, 0) is 16.0 Å². The third-order valence-electron chi connectivity index (χ3n) is 2.20. The van der Waals surface area contributed by atoms with Crippen LogP contribution in [0.1, 0.15) is 5.69 Å². The third kappa shape index (κ3) is 2.21. The Kier molecular flexibility index (Phi) is 2.77. The van der Waals surface area contributed by atoms with Crippen molar-refractivity contribution >= 4 is 32.8 Å². The Balaban J connectivity index is 2.34. The molecule has 4 heteroatoms. The average molecular weight is 268 g/mol. The van der Waals surface area contributed by atoms with Crippen molar-refractivity contribution in [3.63, 3.8) is 0 Å². The molecule has 0 unspecified atom stereocenters. The summed E-state index contributed by atoms with van der Waals surface area (Å²) in [6.07, 6.45) is 0.281. The third-order valence-corrected chi connectivity index (χ3v) is 2.70. The molecular weight excluding hydrogens is 258 g/mol. The van der Waals surface area contributed by atoms with E-state index in [-0.39, 0.29) is 12.4 Å². The molecule has 15 heavy (non-hydrogen) atoms. The fourth-order valence-corrected chi connectivity index (χ4v) is 1.84. The van der Waals surface area contributed by atoms with Gasteiger partial charge in [0.15, 0.2) is 0 Å². The quantitative estimate of drug-likeness (QED) is 0.851. The predicted octanol–water partition coefficient (Wildman–Crippen LogP) is 2.65. The van der Waals surface area contributed by atoms with Crippen molar-refractivity contribution in [3.8, 4) is 0 Å². The summed E-state index contributed by atoms with van der Waals surface area (Å²) < 4.78 is 5.62. The molecule has 0 aliphatic heterocycles. The molecule has 1 aromatic heterocycles. The molecule has 0 radical (unpaired) electrons. The Hall–Kier alpha value is -1.29. The van der Waals surface area contributed by atoms with Crippen LogP contribution in [0.5, 0.6) is 0 Å². The molecule has 78 valence electrons. The van der Waals surface area contributed by atoms with Gasteiger partial charge in [0.05, 0.1) is 13.5 Å². The second kappa shape index (κ2) is 4.06. The van der Waals surface area contributed by atoms with Crippen LogP contribution >= 0.6 is 15.9 Å². The number of nitrogens with one attached hydrogen (secondary N) is 1. The van der Waals surface area contributed by atoms with Gasteiger partial charge in [0.2, 0.25) is 0 Å². The summed E-state index contributed by atoms with van der Waals surface area (Å²) >= 11 is 3.39. The van der Waals surface area contributed by atoms with Crippen molar-refractivity contribution in [3.05, 3.63) is 34.4 Å². The van der Waals surface area contributed by atoms with E-state index in [2.05, 4.69) is 25.7 Å². The maximum absolute atomic E-state index is 11.1. The smallest absolute Gasteiger partial charge is 0.311 e. The number of carbonyl (C=O) groups is 1. The number of hydrogen-bond acceptors (Lipinski definition) is 2. The molecule has 0 spiro atoms. The van der Waals surface area contributed by atoms with Gasteiger partial charge in [-0.25, -0.2) is 0 Å². The van der Waals surface area contributed by atoms with Gasteiger partial charge in [-0.1, -0.05) is 22.0 Å². The summed E-state index contributed by atoms with van der Waals surface area (Å²) in [5, 5.41) is 1.09. The maximum Gasteiger partial charge on any atom is 0.311 e. The minimum Gasteiger partial charge on any atom is -0.469 e. The molecular formula is C11H10BrNO2. The first-order valence-corrected chi connectivity index (χ1v) is 5.32. The summed E-state index contributed by atoms with van der Waals surface area (Å²) in [5.41, 5.74) is 1.89. The van der Waals surface area contributed by atoms with Crippen molar-refractivity contribution < 1.29 is 9.53 Å². The second-order valence-corrected chi connectivity index (χ2v) is 4.19. The zero-order valence-corrected chi connectivity index (χ0v) is 9.80. The molecule has 0 aliphatic rings. The molecule has 1 N–H and O–H groups in total. The van der Waals surface area contributed by atoms with E-state index in [1.807, 2.05) is 24.3 Å². The van der Waals surface area contributed by atoms with Gasteiger partial charge < -0.3 is 9.72 Å². The van der Waals surface area contributed by atoms with Crippen molar-refractivity contribution in [2.75, 3.05) is 7.11 Å². The second-order valence-electron chi connectivity index (χ2n) is 3.28. The first-order valence-electron chi connectivity index (χ1n) is 4.53. The number of aromatic nitrogens is 1. The number of fused-ring (bicyclic) bond motifs is 1. The number of rotatable bonds is 2. The van der Waals surface area contributed by atoms with E-state index >= 15 is 0 Å². The van der Waals surface area contributed by atoms with Crippen molar-refractivity contribution in [1.82, 2.24) is 4.98 Å². The maximum atomic E-state index is 11.1. The minimum absolute atomic E-state index is 0.236. The van der Waals surface area contributed by atoms with E-state index in [9.17, 15) is 4.79 Å². The van der Waals surface area contributed by atoms with Crippen LogP contribution in [0.4, 0.5) is 0 Å². The molecule has 0 fully saturated rings. The van der Waals surface area contributed by atoms with Crippen LogP contribution in [0.15, 0.2) is 28.7 Å². The molecule has 1 heterocycles. The normalized spacial score (nSPS) is 10.5. The Labute approximate surface area is 95.6 Å². The fraction of sp³-hybridized carbons (Fsp3) is 0.182. The first kappa shape index (κ1) is 10.2. The van der Waals surface area contributed by atoms with Gasteiger partial charge in [-0.3, -0.25) is 4.79 Å². The lowest BCUT2D eigenvalue weighted by atomic mass is 10.2. The Morgan fingerprint density at radius 3 is 3.00 bits per heavy atom. The van der Waals surface area contributed by atoms with Crippen molar-refractivity contribution in [1.29, 1.82) is 0 Å². The standard InChI is InChI=1S/C11H10BrNO2/c1-15-11(14)6-9-4-7-2-3-8(12)5-10(7)13-9/h2-5,13H,6H2,1H3. The molecule has 0 aliphatic carbocycles. The predicted molar refractivity (Wildman–Crippen MR) is 61.7 cm³/mol. The van der Waals surface area contributed by atoms with Crippen molar-refractivity contribution in [2.45, 2.75) is 6.42 Å². The van der Waals surface area contributed by atoms with E-state index < -0.39 is 0 Å². The highest BCUT2D eigenvalue weighted by atomic mass is 79.9. The van der Waals surface area contributed by atoms with Gasteiger partial charge in [0.25, 0.3) is 0 Å². The summed E-state index contributed by atoms with van der Waals surface area (Å²) in [7, 11) is 1.39. The number of carbonyl (C=O) groups excluding carboxylic acids is 1. The highest BCUT2D eigenvalue weighted by Crippen LogP contribution is 2.20. The average Bonchev–Trinajstić information content (AvgIpc) is 2.59. The molecule has 0 bridgehead atoms. The summed E-state index contributed by atoms with van der Waals surface area (Å²) in [5.74, 6) is -0.236. The van der Waals surface area contributed by atoms with Gasteiger partial charge in [-0.2, -0.15) is 0 Å². The number of aromatic amines is 1.